The van der Waals surface area contributed by atoms with E-state index in [4.69, 9.17) is 5.11 Å². The number of hydrogen-bond donors (Lipinski definition) is 2. The number of carboxylic acids is 1. The number of rotatable bonds is 6. The van der Waals surface area contributed by atoms with E-state index in [1.54, 1.807) is 11.8 Å². The Morgan fingerprint density at radius 2 is 2.05 bits per heavy atom. The van der Waals surface area contributed by atoms with Crippen LogP contribution in [0.15, 0.2) is 0 Å². The van der Waals surface area contributed by atoms with E-state index >= 15 is 0 Å². The maximum atomic E-state index is 12.2. The van der Waals surface area contributed by atoms with E-state index < -0.39 is 11.9 Å². The predicted octanol–water partition coefficient (Wildman–Crippen LogP) is -0.0156. The molecule has 1 heterocycles. The van der Waals surface area contributed by atoms with E-state index in [0.29, 0.717) is 19.1 Å². The third kappa shape index (κ3) is 5.51. The van der Waals surface area contributed by atoms with Crippen molar-refractivity contribution in [3.05, 3.63) is 0 Å². The average molecular weight is 300 g/mol. The molecule has 2 amide bonds. The van der Waals surface area contributed by atoms with Crippen molar-refractivity contribution in [1.82, 2.24) is 20.0 Å². The Morgan fingerprint density at radius 3 is 2.62 bits per heavy atom. The monoisotopic (exact) mass is 300 g/mol. The van der Waals surface area contributed by atoms with Gasteiger partial charge in [0.15, 0.2) is 0 Å². The van der Waals surface area contributed by atoms with Gasteiger partial charge in [0.2, 0.25) is 0 Å². The molecule has 0 radical (unpaired) electrons. The number of aliphatic carboxylic acids is 1. The first-order chi connectivity index (χ1) is 9.85. The highest BCUT2D eigenvalue weighted by atomic mass is 16.4. The van der Waals surface area contributed by atoms with Gasteiger partial charge in [-0.15, -0.1) is 0 Å². The maximum Gasteiger partial charge on any atom is 0.317 e. The molecule has 1 aliphatic rings. The molecule has 1 rings (SSSR count). The van der Waals surface area contributed by atoms with Crippen LogP contribution in [0.3, 0.4) is 0 Å². The molecular formula is C14H28N4O3. The molecule has 122 valence electrons. The molecule has 1 aliphatic heterocycles. The minimum Gasteiger partial charge on any atom is -0.481 e. The Hall–Kier alpha value is -1.34. The second kappa shape index (κ2) is 8.19. The Morgan fingerprint density at radius 1 is 1.38 bits per heavy atom. The van der Waals surface area contributed by atoms with Crippen LogP contribution in [0, 0.1) is 5.92 Å². The summed E-state index contributed by atoms with van der Waals surface area (Å²) in [6.07, 6.45) is 0. The zero-order valence-corrected chi connectivity index (χ0v) is 13.5. The highest BCUT2D eigenvalue weighted by molar-refractivity contribution is 5.76. The van der Waals surface area contributed by atoms with Gasteiger partial charge in [-0.3, -0.25) is 9.69 Å². The quantitative estimate of drug-likeness (QED) is 0.721. The van der Waals surface area contributed by atoms with Gasteiger partial charge >= 0.3 is 12.0 Å². The summed E-state index contributed by atoms with van der Waals surface area (Å²) in [5.74, 6) is -1.44. The van der Waals surface area contributed by atoms with Gasteiger partial charge in [-0.05, 0) is 21.0 Å². The summed E-state index contributed by atoms with van der Waals surface area (Å²) in [5.41, 5.74) is 0. The molecule has 1 fully saturated rings. The highest BCUT2D eigenvalue weighted by Gasteiger charge is 2.24. The molecule has 2 N–H and O–H groups in total. The predicted molar refractivity (Wildman–Crippen MR) is 81.4 cm³/mol. The largest absolute Gasteiger partial charge is 0.481 e. The number of amides is 2. The molecule has 21 heavy (non-hydrogen) atoms. The van der Waals surface area contributed by atoms with Crippen molar-refractivity contribution in [1.29, 1.82) is 0 Å². The lowest BCUT2D eigenvalue weighted by Crippen LogP contribution is -2.55. The number of nitrogens with one attached hydrogen (secondary N) is 1. The fraction of sp³-hybridized carbons (Fsp3) is 0.857. The first kappa shape index (κ1) is 17.7. The second-order valence-electron chi connectivity index (χ2n) is 5.86. The Kier molecular flexibility index (Phi) is 6.91. The van der Waals surface area contributed by atoms with Crippen molar-refractivity contribution in [3.8, 4) is 0 Å². The van der Waals surface area contributed by atoms with Gasteiger partial charge in [0, 0.05) is 45.3 Å². The summed E-state index contributed by atoms with van der Waals surface area (Å²) < 4.78 is 0. The highest BCUT2D eigenvalue weighted by Crippen LogP contribution is 2.05. The fourth-order valence-corrected chi connectivity index (χ4v) is 2.40. The van der Waals surface area contributed by atoms with Crippen LogP contribution >= 0.6 is 0 Å². The van der Waals surface area contributed by atoms with E-state index in [9.17, 15) is 9.59 Å². The first-order valence-electron chi connectivity index (χ1n) is 7.49. The number of nitrogens with zero attached hydrogens (tertiary/aromatic N) is 3. The zero-order chi connectivity index (χ0) is 16.0. The lowest BCUT2D eigenvalue weighted by molar-refractivity contribution is -0.141. The van der Waals surface area contributed by atoms with E-state index in [1.165, 1.54) is 0 Å². The van der Waals surface area contributed by atoms with Crippen LogP contribution in [0.5, 0.6) is 0 Å². The lowest BCUT2D eigenvalue weighted by Gasteiger charge is -2.38. The minimum absolute atomic E-state index is 0.188. The number of urea groups is 1. The Labute approximate surface area is 126 Å². The van der Waals surface area contributed by atoms with Gasteiger partial charge in [-0.25, -0.2) is 4.79 Å². The number of carbonyl (C=O) groups is 2. The van der Waals surface area contributed by atoms with Gasteiger partial charge in [0.1, 0.15) is 0 Å². The summed E-state index contributed by atoms with van der Waals surface area (Å²) >= 11 is 0. The molecule has 0 aromatic carbocycles. The number of carbonyl (C=O) groups excluding carboxylic acids is 1. The van der Waals surface area contributed by atoms with Gasteiger partial charge < -0.3 is 20.2 Å². The normalized spacial score (nSPS) is 21.8. The summed E-state index contributed by atoms with van der Waals surface area (Å²) in [7, 11) is 4.14. The molecule has 7 heteroatoms. The van der Waals surface area contributed by atoms with Crippen LogP contribution < -0.4 is 5.32 Å². The molecule has 2 unspecified atom stereocenters. The van der Waals surface area contributed by atoms with Gasteiger partial charge in [-0.1, -0.05) is 6.92 Å². The summed E-state index contributed by atoms with van der Waals surface area (Å²) in [4.78, 5) is 29.1. The molecule has 0 aliphatic carbocycles. The topological polar surface area (TPSA) is 76.1 Å². The average Bonchev–Trinajstić information content (AvgIpc) is 2.44. The third-order valence-electron chi connectivity index (χ3n) is 4.05. The summed E-state index contributed by atoms with van der Waals surface area (Å²) in [6, 6.07) is 0.107. The van der Waals surface area contributed by atoms with Gasteiger partial charge in [0.05, 0.1) is 5.92 Å². The molecule has 0 aromatic rings. The van der Waals surface area contributed by atoms with Crippen molar-refractivity contribution in [3.63, 3.8) is 0 Å². The van der Waals surface area contributed by atoms with Gasteiger partial charge in [0.25, 0.3) is 0 Å². The third-order valence-corrected chi connectivity index (χ3v) is 4.05. The molecule has 2 atom stereocenters. The molecule has 1 saturated heterocycles. The van der Waals surface area contributed by atoms with Crippen LogP contribution in [-0.2, 0) is 4.79 Å². The molecule has 0 spiro atoms. The zero-order valence-electron chi connectivity index (χ0n) is 13.5. The number of likely N-dealkylation sites (N-methyl/N-ethyl adjacent to an activating group) is 2. The van der Waals surface area contributed by atoms with Crippen LogP contribution in [0.25, 0.3) is 0 Å². The molecule has 7 nitrogen and oxygen atoms in total. The fourth-order valence-electron chi connectivity index (χ4n) is 2.40. The van der Waals surface area contributed by atoms with E-state index in [2.05, 4.69) is 29.2 Å². The van der Waals surface area contributed by atoms with E-state index in [0.717, 1.165) is 19.6 Å². The SMILES string of the molecule is CCN(CC(C)C(=O)O)C(=O)NCC1CN(C)CCN1C. The Balaban J connectivity index is 2.45. The maximum absolute atomic E-state index is 12.2. The van der Waals surface area contributed by atoms with Crippen molar-refractivity contribution < 1.29 is 14.7 Å². The smallest absolute Gasteiger partial charge is 0.317 e. The van der Waals surface area contributed by atoms with Crippen molar-refractivity contribution in [2.24, 2.45) is 5.92 Å². The second-order valence-corrected chi connectivity index (χ2v) is 5.86. The number of piperazine rings is 1. The number of carboxylic acid groups (broad SMARTS) is 1. The molecule has 0 aromatic heterocycles. The van der Waals surface area contributed by atoms with Crippen molar-refractivity contribution in [2.75, 3.05) is 53.4 Å². The Bertz CT molecular complexity index is 364. The standard InChI is InChI=1S/C14H28N4O3/c1-5-18(9-11(2)13(19)20)14(21)15-8-12-10-16(3)6-7-17(12)4/h11-12H,5-10H2,1-4H3,(H,15,21)(H,19,20). The molecule has 0 saturated carbocycles. The van der Waals surface area contributed by atoms with Crippen molar-refractivity contribution in [2.45, 2.75) is 19.9 Å². The lowest BCUT2D eigenvalue weighted by atomic mass is 10.1. The molecule has 0 bridgehead atoms. The first-order valence-corrected chi connectivity index (χ1v) is 7.49. The van der Waals surface area contributed by atoms with Crippen molar-refractivity contribution >= 4 is 12.0 Å². The summed E-state index contributed by atoms with van der Waals surface area (Å²) in [5, 5.41) is 11.9. The van der Waals surface area contributed by atoms with Crippen LogP contribution in [0.1, 0.15) is 13.8 Å². The van der Waals surface area contributed by atoms with Gasteiger partial charge in [-0.2, -0.15) is 0 Å². The molecular weight excluding hydrogens is 272 g/mol. The van der Waals surface area contributed by atoms with E-state index in [1.807, 2.05) is 6.92 Å². The van der Waals surface area contributed by atoms with E-state index in [-0.39, 0.29) is 12.6 Å². The van der Waals surface area contributed by atoms with Crippen LogP contribution in [0.2, 0.25) is 0 Å². The van der Waals surface area contributed by atoms with Crippen LogP contribution in [0.4, 0.5) is 4.79 Å². The minimum atomic E-state index is -0.880. The summed E-state index contributed by atoms with van der Waals surface area (Å²) in [6.45, 7) is 7.74. The number of hydrogen-bond acceptors (Lipinski definition) is 4. The van der Waals surface area contributed by atoms with Crippen LogP contribution in [-0.4, -0.2) is 91.2 Å².